The molecule has 0 spiro atoms. The number of hydrogen-bond donors (Lipinski definition) is 1. The standard InChI is InChI=1S/C20H28N2O3/c1-14(2)18-13-21(9-8-19(24)22(18)12-15-6-7-15)20(25)11-16-4-3-5-17(23)10-16/h3-5,10,14-15,18,23H,6-9,11-13H2,1-2H3. The monoisotopic (exact) mass is 344 g/mol. The maximum absolute atomic E-state index is 12.8. The molecule has 0 aromatic heterocycles. The highest BCUT2D eigenvalue weighted by Crippen LogP contribution is 2.32. The van der Waals surface area contributed by atoms with Crippen LogP contribution in [-0.2, 0) is 16.0 Å². The Labute approximate surface area is 149 Å². The molecule has 1 heterocycles. The van der Waals surface area contributed by atoms with E-state index in [0.29, 0.717) is 31.3 Å². The zero-order valence-electron chi connectivity index (χ0n) is 15.1. The highest BCUT2D eigenvalue weighted by Gasteiger charge is 2.36. The van der Waals surface area contributed by atoms with E-state index in [-0.39, 0.29) is 30.0 Å². The molecule has 5 nitrogen and oxygen atoms in total. The maximum atomic E-state index is 12.8. The molecule has 2 aliphatic rings. The van der Waals surface area contributed by atoms with Gasteiger partial charge in [0.05, 0.1) is 12.5 Å². The number of phenols is 1. The first-order valence-electron chi connectivity index (χ1n) is 9.29. The van der Waals surface area contributed by atoms with Crippen LogP contribution >= 0.6 is 0 Å². The summed E-state index contributed by atoms with van der Waals surface area (Å²) in [6.07, 6.45) is 3.10. The van der Waals surface area contributed by atoms with Gasteiger partial charge in [0.25, 0.3) is 0 Å². The Morgan fingerprint density at radius 3 is 2.72 bits per heavy atom. The quantitative estimate of drug-likeness (QED) is 0.892. The molecule has 3 rings (SSSR count). The highest BCUT2D eigenvalue weighted by molar-refractivity contribution is 5.82. The SMILES string of the molecule is CC(C)C1CN(C(=O)Cc2cccc(O)c2)CCC(=O)N1CC1CC1. The number of phenolic OH excluding ortho intramolecular Hbond substituents is 1. The minimum absolute atomic E-state index is 0.0253. The molecule has 1 aliphatic carbocycles. The van der Waals surface area contributed by atoms with Gasteiger partial charge in [0, 0.05) is 26.1 Å². The Balaban J connectivity index is 1.71. The Morgan fingerprint density at radius 1 is 1.32 bits per heavy atom. The average molecular weight is 344 g/mol. The number of carbonyl (C=O) groups is 2. The van der Waals surface area contributed by atoms with Crippen LogP contribution in [0.1, 0.15) is 38.7 Å². The minimum atomic E-state index is 0.0253. The van der Waals surface area contributed by atoms with Crippen molar-refractivity contribution in [2.24, 2.45) is 11.8 Å². The van der Waals surface area contributed by atoms with Crippen molar-refractivity contribution >= 4 is 11.8 Å². The third-order valence-electron chi connectivity index (χ3n) is 5.26. The lowest BCUT2D eigenvalue weighted by Gasteiger charge is -2.34. The minimum Gasteiger partial charge on any atom is -0.508 e. The van der Waals surface area contributed by atoms with Crippen LogP contribution in [0.4, 0.5) is 0 Å². The van der Waals surface area contributed by atoms with Crippen molar-refractivity contribution in [2.45, 2.75) is 45.6 Å². The third kappa shape index (κ3) is 4.53. The van der Waals surface area contributed by atoms with E-state index in [1.807, 2.05) is 15.9 Å². The molecule has 1 saturated carbocycles. The zero-order valence-corrected chi connectivity index (χ0v) is 15.1. The Bertz CT molecular complexity index is 640. The molecule has 0 bridgehead atoms. The number of benzene rings is 1. The van der Waals surface area contributed by atoms with Crippen LogP contribution in [0, 0.1) is 11.8 Å². The zero-order chi connectivity index (χ0) is 18.0. The second-order valence-electron chi connectivity index (χ2n) is 7.74. The first kappa shape index (κ1) is 17.8. The second kappa shape index (κ2) is 7.46. The summed E-state index contributed by atoms with van der Waals surface area (Å²) in [6, 6.07) is 6.91. The normalized spacial score (nSPS) is 21.6. The number of nitrogens with zero attached hydrogens (tertiary/aromatic N) is 2. The van der Waals surface area contributed by atoms with Crippen molar-refractivity contribution in [3.63, 3.8) is 0 Å². The molecule has 1 N–H and O–H groups in total. The lowest BCUT2D eigenvalue weighted by Crippen LogP contribution is -2.48. The molecule has 1 saturated heterocycles. The third-order valence-corrected chi connectivity index (χ3v) is 5.26. The van der Waals surface area contributed by atoms with E-state index in [0.717, 1.165) is 12.1 Å². The lowest BCUT2D eigenvalue weighted by molar-refractivity contribution is -0.134. The van der Waals surface area contributed by atoms with Crippen LogP contribution in [0.2, 0.25) is 0 Å². The Kier molecular flexibility index (Phi) is 5.30. The van der Waals surface area contributed by atoms with Crippen LogP contribution in [0.3, 0.4) is 0 Å². The van der Waals surface area contributed by atoms with Gasteiger partial charge >= 0.3 is 0 Å². The maximum Gasteiger partial charge on any atom is 0.227 e. The van der Waals surface area contributed by atoms with Gasteiger partial charge < -0.3 is 14.9 Å². The van der Waals surface area contributed by atoms with Crippen LogP contribution in [0.5, 0.6) is 5.75 Å². The lowest BCUT2D eigenvalue weighted by atomic mass is 10.0. The number of carbonyl (C=O) groups excluding carboxylic acids is 2. The van der Waals surface area contributed by atoms with Crippen molar-refractivity contribution in [3.8, 4) is 5.75 Å². The van der Waals surface area contributed by atoms with Crippen LogP contribution in [0.15, 0.2) is 24.3 Å². The van der Waals surface area contributed by atoms with E-state index in [1.54, 1.807) is 18.2 Å². The molecule has 25 heavy (non-hydrogen) atoms. The van der Waals surface area contributed by atoms with Crippen molar-refractivity contribution in [3.05, 3.63) is 29.8 Å². The van der Waals surface area contributed by atoms with Gasteiger partial charge in [0.1, 0.15) is 5.75 Å². The average Bonchev–Trinajstić information content (AvgIpc) is 3.37. The van der Waals surface area contributed by atoms with Crippen LogP contribution in [0.25, 0.3) is 0 Å². The summed E-state index contributed by atoms with van der Waals surface area (Å²) in [7, 11) is 0. The van der Waals surface area contributed by atoms with Gasteiger partial charge in [-0.3, -0.25) is 9.59 Å². The molecular formula is C20H28N2O3. The van der Waals surface area contributed by atoms with Gasteiger partial charge in [-0.05, 0) is 42.4 Å². The first-order chi connectivity index (χ1) is 11.9. The van der Waals surface area contributed by atoms with Gasteiger partial charge in [-0.2, -0.15) is 0 Å². The predicted octanol–water partition coefficient (Wildman–Crippen LogP) is 2.43. The summed E-state index contributed by atoms with van der Waals surface area (Å²) >= 11 is 0. The van der Waals surface area contributed by atoms with Crippen LogP contribution in [-0.4, -0.2) is 52.4 Å². The molecule has 1 aromatic rings. The van der Waals surface area contributed by atoms with Gasteiger partial charge in [0.15, 0.2) is 0 Å². The Hall–Kier alpha value is -2.04. The Morgan fingerprint density at radius 2 is 2.08 bits per heavy atom. The molecule has 1 aliphatic heterocycles. The van der Waals surface area contributed by atoms with E-state index < -0.39 is 0 Å². The summed E-state index contributed by atoms with van der Waals surface area (Å²) in [6.45, 7) is 6.19. The largest absolute Gasteiger partial charge is 0.508 e. The molecule has 1 unspecified atom stereocenters. The van der Waals surface area contributed by atoms with E-state index in [9.17, 15) is 14.7 Å². The van der Waals surface area contributed by atoms with Gasteiger partial charge in [-0.25, -0.2) is 0 Å². The van der Waals surface area contributed by atoms with Crippen molar-refractivity contribution < 1.29 is 14.7 Å². The molecule has 5 heteroatoms. The summed E-state index contributed by atoms with van der Waals surface area (Å²) < 4.78 is 0. The number of rotatable bonds is 5. The van der Waals surface area contributed by atoms with E-state index >= 15 is 0 Å². The van der Waals surface area contributed by atoms with Crippen molar-refractivity contribution in [1.82, 2.24) is 9.80 Å². The molecule has 136 valence electrons. The fourth-order valence-corrected chi connectivity index (χ4v) is 3.54. The molecule has 2 amide bonds. The number of hydrogen-bond acceptors (Lipinski definition) is 3. The van der Waals surface area contributed by atoms with Crippen molar-refractivity contribution in [1.29, 1.82) is 0 Å². The summed E-state index contributed by atoms with van der Waals surface area (Å²) in [5.74, 6) is 1.35. The molecule has 1 aromatic carbocycles. The van der Waals surface area contributed by atoms with Gasteiger partial charge in [0.2, 0.25) is 11.8 Å². The van der Waals surface area contributed by atoms with E-state index in [2.05, 4.69) is 13.8 Å². The van der Waals surface area contributed by atoms with Gasteiger partial charge in [-0.15, -0.1) is 0 Å². The summed E-state index contributed by atoms with van der Waals surface area (Å²) in [5.41, 5.74) is 0.802. The molecule has 1 atom stereocenters. The number of amides is 2. The summed E-state index contributed by atoms with van der Waals surface area (Å²) in [5, 5.41) is 9.58. The second-order valence-corrected chi connectivity index (χ2v) is 7.74. The van der Waals surface area contributed by atoms with Crippen molar-refractivity contribution in [2.75, 3.05) is 19.6 Å². The molecule has 2 fully saturated rings. The number of aromatic hydroxyl groups is 1. The van der Waals surface area contributed by atoms with E-state index in [4.69, 9.17) is 0 Å². The fourth-order valence-electron chi connectivity index (χ4n) is 3.54. The van der Waals surface area contributed by atoms with E-state index in [1.165, 1.54) is 12.8 Å². The van der Waals surface area contributed by atoms with Gasteiger partial charge in [-0.1, -0.05) is 26.0 Å². The molecular weight excluding hydrogens is 316 g/mol. The highest BCUT2D eigenvalue weighted by atomic mass is 16.3. The fraction of sp³-hybridized carbons (Fsp3) is 0.600. The summed E-state index contributed by atoms with van der Waals surface area (Å²) in [4.78, 5) is 29.2. The molecule has 0 radical (unpaired) electrons. The first-order valence-corrected chi connectivity index (χ1v) is 9.29. The van der Waals surface area contributed by atoms with Crippen LogP contribution < -0.4 is 0 Å². The smallest absolute Gasteiger partial charge is 0.227 e. The topological polar surface area (TPSA) is 60.9 Å². The predicted molar refractivity (Wildman–Crippen MR) is 96.1 cm³/mol.